The number of benzene rings is 1. The zero-order valence-corrected chi connectivity index (χ0v) is 14.8. The van der Waals surface area contributed by atoms with Gasteiger partial charge in [0, 0.05) is 20.6 Å². The summed E-state index contributed by atoms with van der Waals surface area (Å²) in [6.07, 6.45) is 1.49. The Kier molecular flexibility index (Phi) is 5.89. The Morgan fingerprint density at radius 3 is 2.46 bits per heavy atom. The van der Waals surface area contributed by atoms with Gasteiger partial charge < -0.3 is 23.7 Å². The van der Waals surface area contributed by atoms with Gasteiger partial charge in [0.25, 0.3) is 0 Å². The Balaban J connectivity index is 1.76. The van der Waals surface area contributed by atoms with Gasteiger partial charge in [0.2, 0.25) is 0 Å². The number of hydrogen-bond donors (Lipinski definition) is 0. The van der Waals surface area contributed by atoms with Gasteiger partial charge in [-0.2, -0.15) is 0 Å². The maximum atomic E-state index is 6.18. The minimum Gasteiger partial charge on any atom is -0.379 e. The van der Waals surface area contributed by atoms with Crippen LogP contribution in [0.3, 0.4) is 0 Å². The molecule has 4 atom stereocenters. The summed E-state index contributed by atoms with van der Waals surface area (Å²) in [5, 5.41) is 0. The van der Waals surface area contributed by atoms with E-state index in [1.807, 2.05) is 18.2 Å². The standard InChI is InChI=1S/C19H28O5/c1-14(22-13-15-7-5-4-6-8-15)17-18(21-3)16(20-2)9-10-19(17)23-11-12-24-19/h4-8,14,16-18H,9-13H2,1-3H3/t14-,16+,17-,18+/m0/s1. The molecule has 0 aromatic heterocycles. The van der Waals surface area contributed by atoms with E-state index in [4.69, 9.17) is 23.7 Å². The number of rotatable bonds is 6. The van der Waals surface area contributed by atoms with Crippen molar-refractivity contribution < 1.29 is 23.7 Å². The molecule has 0 radical (unpaired) electrons. The molecule has 1 aliphatic carbocycles. The number of methoxy groups -OCH3 is 2. The molecule has 5 heteroatoms. The van der Waals surface area contributed by atoms with Gasteiger partial charge in [-0.3, -0.25) is 0 Å². The molecule has 1 aromatic carbocycles. The molecule has 2 fully saturated rings. The highest BCUT2D eigenvalue weighted by molar-refractivity contribution is 5.13. The van der Waals surface area contributed by atoms with Crippen LogP contribution in [0.25, 0.3) is 0 Å². The first-order valence-electron chi connectivity index (χ1n) is 8.69. The van der Waals surface area contributed by atoms with E-state index in [9.17, 15) is 0 Å². The lowest BCUT2D eigenvalue weighted by Crippen LogP contribution is -2.59. The molecule has 134 valence electrons. The summed E-state index contributed by atoms with van der Waals surface area (Å²) in [4.78, 5) is 0. The smallest absolute Gasteiger partial charge is 0.176 e. The average Bonchev–Trinajstić information content (AvgIpc) is 3.09. The van der Waals surface area contributed by atoms with Gasteiger partial charge in [0.15, 0.2) is 5.79 Å². The highest BCUT2D eigenvalue weighted by Gasteiger charge is 2.56. The summed E-state index contributed by atoms with van der Waals surface area (Å²) in [7, 11) is 3.46. The first-order valence-corrected chi connectivity index (χ1v) is 8.69. The van der Waals surface area contributed by atoms with E-state index in [2.05, 4.69) is 19.1 Å². The second kappa shape index (κ2) is 7.93. The SMILES string of the molecule is CO[C@H]1[C@H]([C@H](C)OCc2ccccc2)C2(CC[C@H]1OC)OCCO2. The predicted octanol–water partition coefficient (Wildman–Crippen LogP) is 2.77. The lowest BCUT2D eigenvalue weighted by atomic mass is 9.76. The fourth-order valence-electron chi connectivity index (χ4n) is 4.04. The van der Waals surface area contributed by atoms with Crippen LogP contribution in [0.1, 0.15) is 25.3 Å². The van der Waals surface area contributed by atoms with Crippen LogP contribution >= 0.6 is 0 Å². The van der Waals surface area contributed by atoms with E-state index in [1.165, 1.54) is 0 Å². The maximum Gasteiger partial charge on any atom is 0.176 e. The highest BCUT2D eigenvalue weighted by Crippen LogP contribution is 2.45. The Morgan fingerprint density at radius 2 is 1.83 bits per heavy atom. The summed E-state index contributed by atoms with van der Waals surface area (Å²) >= 11 is 0. The fourth-order valence-corrected chi connectivity index (χ4v) is 4.04. The largest absolute Gasteiger partial charge is 0.379 e. The lowest BCUT2D eigenvalue weighted by Gasteiger charge is -2.48. The quantitative estimate of drug-likeness (QED) is 0.799. The molecule has 24 heavy (non-hydrogen) atoms. The average molecular weight is 336 g/mol. The van der Waals surface area contributed by atoms with Crippen molar-refractivity contribution in [2.24, 2.45) is 5.92 Å². The van der Waals surface area contributed by atoms with E-state index in [0.29, 0.717) is 19.8 Å². The first kappa shape index (κ1) is 17.8. The second-order valence-corrected chi connectivity index (χ2v) is 6.55. The molecular formula is C19H28O5. The van der Waals surface area contributed by atoms with Crippen molar-refractivity contribution in [1.29, 1.82) is 0 Å². The molecular weight excluding hydrogens is 308 g/mol. The maximum absolute atomic E-state index is 6.18. The van der Waals surface area contributed by atoms with Gasteiger partial charge in [-0.15, -0.1) is 0 Å². The summed E-state index contributed by atoms with van der Waals surface area (Å²) in [6, 6.07) is 10.2. The monoisotopic (exact) mass is 336 g/mol. The summed E-state index contributed by atoms with van der Waals surface area (Å²) in [5.74, 6) is -0.654. The molecule has 1 saturated heterocycles. The highest BCUT2D eigenvalue weighted by atomic mass is 16.7. The minimum atomic E-state index is -0.619. The van der Waals surface area contributed by atoms with Gasteiger partial charge in [-0.1, -0.05) is 30.3 Å². The van der Waals surface area contributed by atoms with Gasteiger partial charge >= 0.3 is 0 Å². The molecule has 0 amide bonds. The molecule has 1 heterocycles. The fraction of sp³-hybridized carbons (Fsp3) is 0.684. The predicted molar refractivity (Wildman–Crippen MR) is 89.6 cm³/mol. The topological polar surface area (TPSA) is 46.2 Å². The summed E-state index contributed by atoms with van der Waals surface area (Å²) < 4.78 is 29.7. The third kappa shape index (κ3) is 3.51. The van der Waals surface area contributed by atoms with Crippen LogP contribution in [0, 0.1) is 5.92 Å². The molecule has 1 aliphatic heterocycles. The molecule has 0 bridgehead atoms. The van der Waals surface area contributed by atoms with Gasteiger partial charge in [-0.25, -0.2) is 0 Å². The van der Waals surface area contributed by atoms with Crippen molar-refractivity contribution in [3.8, 4) is 0 Å². The van der Waals surface area contributed by atoms with Crippen LogP contribution in [0.4, 0.5) is 0 Å². The molecule has 2 aliphatic rings. The third-order valence-electron chi connectivity index (χ3n) is 5.22. The Hall–Kier alpha value is -0.980. The van der Waals surface area contributed by atoms with E-state index in [1.54, 1.807) is 14.2 Å². The number of ether oxygens (including phenoxy) is 5. The van der Waals surface area contributed by atoms with Crippen molar-refractivity contribution in [3.05, 3.63) is 35.9 Å². The minimum absolute atomic E-state index is 0.0289. The van der Waals surface area contributed by atoms with Gasteiger partial charge in [0.1, 0.15) is 0 Å². The first-order chi connectivity index (χ1) is 11.7. The zero-order valence-electron chi connectivity index (χ0n) is 14.8. The Labute approximate surface area is 144 Å². The van der Waals surface area contributed by atoms with Gasteiger partial charge in [0.05, 0.1) is 44.1 Å². The van der Waals surface area contributed by atoms with Crippen LogP contribution in [0.15, 0.2) is 30.3 Å². The second-order valence-electron chi connectivity index (χ2n) is 6.55. The summed E-state index contributed by atoms with van der Waals surface area (Å²) in [6.45, 7) is 3.87. The van der Waals surface area contributed by atoms with E-state index in [0.717, 1.165) is 18.4 Å². The normalized spacial score (nSPS) is 30.5. The molecule has 1 saturated carbocycles. The molecule has 3 rings (SSSR count). The Morgan fingerprint density at radius 1 is 1.12 bits per heavy atom. The Bertz CT molecular complexity index is 500. The lowest BCUT2D eigenvalue weighted by molar-refractivity contribution is -0.283. The van der Waals surface area contributed by atoms with Gasteiger partial charge in [-0.05, 0) is 18.9 Å². The van der Waals surface area contributed by atoms with Crippen molar-refractivity contribution in [2.45, 2.75) is 50.5 Å². The molecule has 5 nitrogen and oxygen atoms in total. The summed E-state index contributed by atoms with van der Waals surface area (Å²) in [5.41, 5.74) is 1.15. The van der Waals surface area contributed by atoms with Crippen LogP contribution in [-0.4, -0.2) is 51.5 Å². The molecule has 1 spiro atoms. The van der Waals surface area contributed by atoms with E-state index < -0.39 is 5.79 Å². The van der Waals surface area contributed by atoms with Crippen molar-refractivity contribution in [3.63, 3.8) is 0 Å². The van der Waals surface area contributed by atoms with E-state index >= 15 is 0 Å². The van der Waals surface area contributed by atoms with E-state index in [-0.39, 0.29) is 24.2 Å². The van der Waals surface area contributed by atoms with Crippen molar-refractivity contribution >= 4 is 0 Å². The van der Waals surface area contributed by atoms with Crippen LogP contribution in [-0.2, 0) is 30.3 Å². The zero-order chi connectivity index (χ0) is 17.0. The van der Waals surface area contributed by atoms with Crippen LogP contribution in [0.5, 0.6) is 0 Å². The number of hydrogen-bond acceptors (Lipinski definition) is 5. The van der Waals surface area contributed by atoms with Crippen LogP contribution < -0.4 is 0 Å². The van der Waals surface area contributed by atoms with Crippen LogP contribution in [0.2, 0.25) is 0 Å². The molecule has 0 unspecified atom stereocenters. The molecule has 0 N–H and O–H groups in total. The third-order valence-corrected chi connectivity index (χ3v) is 5.22. The van der Waals surface area contributed by atoms with Crippen molar-refractivity contribution in [2.75, 3.05) is 27.4 Å². The van der Waals surface area contributed by atoms with Crippen molar-refractivity contribution in [1.82, 2.24) is 0 Å². The molecule has 1 aromatic rings.